The first-order valence-electron chi connectivity index (χ1n) is 9.74. The third-order valence-corrected chi connectivity index (χ3v) is 7.12. The second-order valence-corrected chi connectivity index (χ2v) is 9.47. The number of carbonyl (C=O) groups excluding carboxylic acids is 3. The van der Waals surface area contributed by atoms with Crippen LogP contribution in [0, 0.1) is 6.92 Å². The average Bonchev–Trinajstić information content (AvgIpc) is 3.10. The molecule has 0 atom stereocenters. The van der Waals surface area contributed by atoms with Gasteiger partial charge in [-0.15, -0.1) is 11.3 Å². The molecule has 2 aromatic carbocycles. The van der Waals surface area contributed by atoms with E-state index in [-0.39, 0.29) is 38.2 Å². The summed E-state index contributed by atoms with van der Waals surface area (Å²) in [5, 5.41) is 2.63. The fourth-order valence-corrected chi connectivity index (χ4v) is 5.24. The number of hydrogen-bond donors (Lipinski definition) is 3. The Morgan fingerprint density at radius 3 is 2.30 bits per heavy atom. The molecule has 0 unspecified atom stereocenters. The Kier molecular flexibility index (Phi) is 7.14. The van der Waals surface area contributed by atoms with Crippen molar-refractivity contribution in [2.24, 2.45) is 5.73 Å². The minimum absolute atomic E-state index is 0.0103. The fourth-order valence-electron chi connectivity index (χ4n) is 3.03. The van der Waals surface area contributed by atoms with Gasteiger partial charge in [-0.2, -0.15) is 0 Å². The summed E-state index contributed by atoms with van der Waals surface area (Å²) in [6, 6.07) is 13.7. The van der Waals surface area contributed by atoms with Crippen LogP contribution in [0.15, 0.2) is 59.5 Å². The number of sulfonamides is 1. The van der Waals surface area contributed by atoms with Crippen molar-refractivity contribution in [1.29, 1.82) is 0 Å². The molecule has 0 aliphatic heterocycles. The molecule has 0 radical (unpaired) electrons. The summed E-state index contributed by atoms with van der Waals surface area (Å²) >= 11 is 0.855. The zero-order valence-electron chi connectivity index (χ0n) is 17.7. The van der Waals surface area contributed by atoms with Gasteiger partial charge in [-0.05, 0) is 43.7 Å². The van der Waals surface area contributed by atoms with Gasteiger partial charge >= 0.3 is 5.97 Å². The van der Waals surface area contributed by atoms with Gasteiger partial charge in [-0.3, -0.25) is 14.3 Å². The number of esters is 1. The van der Waals surface area contributed by atoms with E-state index in [0.717, 1.165) is 11.3 Å². The molecule has 4 N–H and O–H groups in total. The van der Waals surface area contributed by atoms with Gasteiger partial charge in [0.2, 0.25) is 0 Å². The summed E-state index contributed by atoms with van der Waals surface area (Å²) < 4.78 is 32.8. The van der Waals surface area contributed by atoms with Crippen molar-refractivity contribution in [2.45, 2.75) is 18.7 Å². The molecule has 172 valence electrons. The van der Waals surface area contributed by atoms with Gasteiger partial charge < -0.3 is 15.8 Å². The van der Waals surface area contributed by atoms with Crippen LogP contribution in [-0.2, 0) is 14.8 Å². The molecule has 0 spiro atoms. The van der Waals surface area contributed by atoms with Crippen molar-refractivity contribution < 1.29 is 27.5 Å². The quantitative estimate of drug-likeness (QED) is 0.415. The van der Waals surface area contributed by atoms with Gasteiger partial charge in [0.1, 0.15) is 9.88 Å². The van der Waals surface area contributed by atoms with E-state index in [1.54, 1.807) is 37.3 Å². The Morgan fingerprint density at radius 1 is 1.03 bits per heavy atom. The maximum absolute atomic E-state index is 13.0. The summed E-state index contributed by atoms with van der Waals surface area (Å²) in [6.07, 6.45) is 0. The normalized spacial score (nSPS) is 11.0. The van der Waals surface area contributed by atoms with Gasteiger partial charge in [0.15, 0.2) is 0 Å². The van der Waals surface area contributed by atoms with E-state index in [1.165, 1.54) is 31.2 Å². The van der Waals surface area contributed by atoms with Crippen LogP contribution >= 0.6 is 11.3 Å². The zero-order chi connectivity index (χ0) is 24.2. The molecule has 0 fully saturated rings. The lowest BCUT2D eigenvalue weighted by Gasteiger charge is -2.13. The first-order valence-corrected chi connectivity index (χ1v) is 12.0. The van der Waals surface area contributed by atoms with Crippen LogP contribution in [-0.4, -0.2) is 32.8 Å². The highest BCUT2D eigenvalue weighted by Gasteiger charge is 2.26. The number of carbonyl (C=O) groups is 3. The van der Waals surface area contributed by atoms with E-state index < -0.39 is 27.8 Å². The predicted octanol–water partition coefficient (Wildman–Crippen LogP) is 3.39. The third-order valence-electron chi connectivity index (χ3n) is 4.55. The monoisotopic (exact) mass is 487 g/mol. The van der Waals surface area contributed by atoms with Crippen molar-refractivity contribution in [2.75, 3.05) is 16.6 Å². The summed E-state index contributed by atoms with van der Waals surface area (Å²) in [4.78, 5) is 37.4. The molecule has 33 heavy (non-hydrogen) atoms. The molecule has 0 aliphatic carbocycles. The van der Waals surface area contributed by atoms with Crippen molar-refractivity contribution in [3.8, 4) is 0 Å². The number of nitrogens with one attached hydrogen (secondary N) is 2. The van der Waals surface area contributed by atoms with E-state index in [2.05, 4.69) is 10.0 Å². The molecule has 1 aromatic heterocycles. The van der Waals surface area contributed by atoms with Crippen molar-refractivity contribution >= 4 is 49.8 Å². The van der Waals surface area contributed by atoms with Crippen LogP contribution in [0.5, 0.6) is 0 Å². The molecular weight excluding hydrogens is 466 g/mol. The molecule has 0 saturated heterocycles. The lowest BCUT2D eigenvalue weighted by Crippen LogP contribution is -2.20. The molecule has 0 saturated carbocycles. The Balaban J connectivity index is 1.95. The molecule has 2 amide bonds. The molecule has 0 aliphatic rings. The van der Waals surface area contributed by atoms with Gasteiger partial charge in [-0.25, -0.2) is 13.2 Å². The van der Waals surface area contributed by atoms with Crippen LogP contribution in [0.2, 0.25) is 0 Å². The number of primary amides is 1. The number of thiophene rings is 1. The summed E-state index contributed by atoms with van der Waals surface area (Å²) in [5.41, 5.74) is 5.79. The number of ether oxygens (including phenoxy) is 1. The lowest BCUT2D eigenvalue weighted by atomic mass is 10.1. The van der Waals surface area contributed by atoms with Crippen LogP contribution < -0.4 is 15.8 Å². The second-order valence-electron chi connectivity index (χ2n) is 6.76. The summed E-state index contributed by atoms with van der Waals surface area (Å²) in [6.45, 7) is 3.31. The third kappa shape index (κ3) is 5.21. The van der Waals surface area contributed by atoms with E-state index in [0.29, 0.717) is 5.56 Å². The first-order chi connectivity index (χ1) is 15.7. The highest BCUT2D eigenvalue weighted by molar-refractivity contribution is 7.92. The van der Waals surface area contributed by atoms with Gasteiger partial charge in [0.25, 0.3) is 21.8 Å². The first kappa shape index (κ1) is 24.0. The number of anilines is 2. The number of nitrogens with two attached hydrogens (primary N) is 1. The van der Waals surface area contributed by atoms with Gasteiger partial charge in [0.05, 0.1) is 28.3 Å². The SMILES string of the molecule is CCOC(=O)c1sc(NC(=O)c2ccccc2NS(=O)(=O)c2ccccc2)c(C(N)=O)c1C. The minimum atomic E-state index is -3.95. The number of hydrogen-bond acceptors (Lipinski definition) is 7. The Bertz CT molecular complexity index is 1320. The number of para-hydroxylation sites is 1. The van der Waals surface area contributed by atoms with E-state index in [4.69, 9.17) is 10.5 Å². The summed E-state index contributed by atoms with van der Waals surface area (Å²) in [5.74, 6) is -2.16. The van der Waals surface area contributed by atoms with Gasteiger partial charge in [0, 0.05) is 0 Å². The maximum Gasteiger partial charge on any atom is 0.348 e. The molecule has 1 heterocycles. The maximum atomic E-state index is 13.0. The van der Waals surface area contributed by atoms with Crippen LogP contribution in [0.4, 0.5) is 10.7 Å². The lowest BCUT2D eigenvalue weighted by molar-refractivity contribution is 0.0531. The van der Waals surface area contributed by atoms with E-state index in [9.17, 15) is 22.8 Å². The van der Waals surface area contributed by atoms with Crippen LogP contribution in [0.1, 0.15) is 42.9 Å². The number of amides is 2. The largest absolute Gasteiger partial charge is 0.462 e. The number of rotatable bonds is 8. The fraction of sp³-hybridized carbons (Fsp3) is 0.136. The Hall–Kier alpha value is -3.70. The molecular formula is C22H21N3O6S2. The molecule has 3 rings (SSSR count). The van der Waals surface area contributed by atoms with E-state index in [1.807, 2.05) is 0 Å². The second kappa shape index (κ2) is 9.84. The van der Waals surface area contributed by atoms with Crippen molar-refractivity contribution in [3.63, 3.8) is 0 Å². The Morgan fingerprint density at radius 2 is 1.67 bits per heavy atom. The van der Waals surface area contributed by atoms with Crippen LogP contribution in [0.3, 0.4) is 0 Å². The standard InChI is InChI=1S/C22H21N3O6S2/c1-3-31-22(28)18-13(2)17(19(23)26)21(32-18)24-20(27)15-11-7-8-12-16(15)25-33(29,30)14-9-5-4-6-10-14/h4-12,25H,3H2,1-2H3,(H2,23,26)(H,24,27). The highest BCUT2D eigenvalue weighted by Crippen LogP contribution is 2.34. The zero-order valence-corrected chi connectivity index (χ0v) is 19.4. The summed E-state index contributed by atoms with van der Waals surface area (Å²) in [7, 11) is -3.95. The van der Waals surface area contributed by atoms with Crippen molar-refractivity contribution in [3.05, 3.63) is 76.2 Å². The highest BCUT2D eigenvalue weighted by atomic mass is 32.2. The number of benzene rings is 2. The van der Waals surface area contributed by atoms with Crippen LogP contribution in [0.25, 0.3) is 0 Å². The molecule has 0 bridgehead atoms. The molecule has 9 nitrogen and oxygen atoms in total. The Labute approximate surface area is 194 Å². The molecule has 11 heteroatoms. The van der Waals surface area contributed by atoms with E-state index >= 15 is 0 Å². The minimum Gasteiger partial charge on any atom is -0.462 e. The predicted molar refractivity (Wildman–Crippen MR) is 125 cm³/mol. The molecule has 3 aromatic rings. The average molecular weight is 488 g/mol. The van der Waals surface area contributed by atoms with Gasteiger partial charge in [-0.1, -0.05) is 30.3 Å². The topological polar surface area (TPSA) is 145 Å². The van der Waals surface area contributed by atoms with Crippen molar-refractivity contribution in [1.82, 2.24) is 0 Å². The smallest absolute Gasteiger partial charge is 0.348 e.